The van der Waals surface area contributed by atoms with Gasteiger partial charge in [-0.05, 0) is 19.8 Å². The third kappa shape index (κ3) is 3.13. The van der Waals surface area contributed by atoms with E-state index >= 15 is 0 Å². The van der Waals surface area contributed by atoms with Gasteiger partial charge in [-0.1, -0.05) is 31.0 Å². The van der Waals surface area contributed by atoms with Gasteiger partial charge in [-0.3, -0.25) is 4.79 Å². The Bertz CT molecular complexity index is 153. The number of alkyl halides is 1. The summed E-state index contributed by atoms with van der Waals surface area (Å²) in [7, 11) is 0. The average Bonchev–Trinajstić information content (AvgIpc) is 2.06. The van der Waals surface area contributed by atoms with Crippen LogP contribution in [0.5, 0.6) is 0 Å². The van der Waals surface area contributed by atoms with Gasteiger partial charge < -0.3 is 0 Å². The third-order valence-corrected chi connectivity index (χ3v) is 3.52. The van der Waals surface area contributed by atoms with Gasteiger partial charge in [-0.25, -0.2) is 4.39 Å². The minimum Gasteiger partial charge on any atom is -0.284 e. The number of halogens is 1. The summed E-state index contributed by atoms with van der Waals surface area (Å²) in [6.07, 6.45) is 4.55. The number of carbonyl (C=O) groups excluding carboxylic acids is 1. The standard InChI is InChI=1S/C9H15FOS/c1-7(10)9(11)12-8-5-3-2-4-6-8/h7-8H,2-6H2,1H3. The largest absolute Gasteiger partial charge is 0.284 e. The highest BCUT2D eigenvalue weighted by Crippen LogP contribution is 2.29. The predicted octanol–water partition coefficient (Wildman–Crippen LogP) is 2.94. The molecule has 0 amide bonds. The molecule has 0 aromatic rings. The summed E-state index contributed by atoms with van der Waals surface area (Å²) >= 11 is 1.21. The molecule has 0 spiro atoms. The Kier molecular flexibility index (Phi) is 4.06. The maximum Gasteiger partial charge on any atom is 0.223 e. The van der Waals surface area contributed by atoms with E-state index in [4.69, 9.17) is 0 Å². The average molecular weight is 190 g/mol. The van der Waals surface area contributed by atoms with Crippen LogP contribution in [0.25, 0.3) is 0 Å². The first kappa shape index (κ1) is 10.0. The fourth-order valence-corrected chi connectivity index (χ4v) is 2.53. The first-order valence-corrected chi connectivity index (χ1v) is 5.42. The Balaban J connectivity index is 2.24. The quantitative estimate of drug-likeness (QED) is 0.666. The van der Waals surface area contributed by atoms with Crippen LogP contribution >= 0.6 is 11.8 Å². The molecule has 1 rings (SSSR count). The van der Waals surface area contributed by atoms with Gasteiger partial charge in [0.2, 0.25) is 5.12 Å². The SMILES string of the molecule is CC(F)C(=O)SC1CCCCC1. The molecule has 1 fully saturated rings. The van der Waals surface area contributed by atoms with Crippen LogP contribution < -0.4 is 0 Å². The van der Waals surface area contributed by atoms with Gasteiger partial charge >= 0.3 is 0 Å². The lowest BCUT2D eigenvalue weighted by atomic mass is 10.0. The molecule has 1 aliphatic rings. The van der Waals surface area contributed by atoms with E-state index in [9.17, 15) is 9.18 Å². The molecule has 1 saturated carbocycles. The van der Waals surface area contributed by atoms with Gasteiger partial charge in [-0.2, -0.15) is 0 Å². The van der Waals surface area contributed by atoms with Crippen molar-refractivity contribution in [3.63, 3.8) is 0 Å². The smallest absolute Gasteiger partial charge is 0.223 e. The highest BCUT2D eigenvalue weighted by atomic mass is 32.2. The molecule has 0 N–H and O–H groups in total. The molecule has 1 atom stereocenters. The number of hydrogen-bond donors (Lipinski definition) is 0. The lowest BCUT2D eigenvalue weighted by Crippen LogP contribution is -2.15. The molecule has 0 aliphatic heterocycles. The normalized spacial score (nSPS) is 22.2. The van der Waals surface area contributed by atoms with Gasteiger partial charge in [-0.15, -0.1) is 0 Å². The van der Waals surface area contributed by atoms with Gasteiger partial charge in [0, 0.05) is 5.25 Å². The highest BCUT2D eigenvalue weighted by molar-refractivity contribution is 8.14. The Labute approximate surface area is 77.1 Å². The summed E-state index contributed by atoms with van der Waals surface area (Å²) in [5.74, 6) is 0. The van der Waals surface area contributed by atoms with E-state index in [-0.39, 0.29) is 5.12 Å². The molecule has 0 saturated heterocycles. The van der Waals surface area contributed by atoms with Crippen LogP contribution in [0.2, 0.25) is 0 Å². The van der Waals surface area contributed by atoms with Crippen LogP contribution in [0, 0.1) is 0 Å². The second-order valence-corrected chi connectivity index (χ2v) is 4.62. The molecule has 1 nitrogen and oxygen atoms in total. The van der Waals surface area contributed by atoms with Crippen molar-refractivity contribution >= 4 is 16.9 Å². The van der Waals surface area contributed by atoms with Crippen LogP contribution in [-0.4, -0.2) is 16.5 Å². The maximum absolute atomic E-state index is 12.5. The zero-order valence-corrected chi connectivity index (χ0v) is 8.20. The second kappa shape index (κ2) is 4.85. The Morgan fingerprint density at radius 1 is 1.42 bits per heavy atom. The Hall–Kier alpha value is -0.0500. The fraction of sp³-hybridized carbons (Fsp3) is 0.889. The van der Waals surface area contributed by atoms with Crippen molar-refractivity contribution in [2.24, 2.45) is 0 Å². The van der Waals surface area contributed by atoms with Gasteiger partial charge in [0.1, 0.15) is 0 Å². The molecule has 1 aliphatic carbocycles. The van der Waals surface area contributed by atoms with Crippen molar-refractivity contribution in [2.75, 3.05) is 0 Å². The summed E-state index contributed by atoms with van der Waals surface area (Å²) in [6.45, 7) is 1.32. The number of carbonyl (C=O) groups is 1. The lowest BCUT2D eigenvalue weighted by molar-refractivity contribution is -0.114. The monoisotopic (exact) mass is 190 g/mol. The van der Waals surface area contributed by atoms with Crippen LogP contribution in [-0.2, 0) is 4.79 Å². The first-order chi connectivity index (χ1) is 5.70. The highest BCUT2D eigenvalue weighted by Gasteiger charge is 2.20. The molecule has 0 aromatic heterocycles. The van der Waals surface area contributed by atoms with Crippen molar-refractivity contribution in [3.05, 3.63) is 0 Å². The molecule has 0 aromatic carbocycles. The van der Waals surface area contributed by atoms with Gasteiger partial charge in [0.15, 0.2) is 6.17 Å². The number of rotatable bonds is 2. The van der Waals surface area contributed by atoms with Crippen LogP contribution in [0.1, 0.15) is 39.0 Å². The molecule has 0 bridgehead atoms. The Morgan fingerprint density at radius 2 is 2.00 bits per heavy atom. The topological polar surface area (TPSA) is 17.1 Å². The van der Waals surface area contributed by atoms with Crippen molar-refractivity contribution in [3.8, 4) is 0 Å². The minimum atomic E-state index is -1.29. The van der Waals surface area contributed by atoms with Gasteiger partial charge in [0.25, 0.3) is 0 Å². The first-order valence-electron chi connectivity index (χ1n) is 4.54. The number of thioether (sulfide) groups is 1. The molecule has 12 heavy (non-hydrogen) atoms. The fourth-order valence-electron chi connectivity index (χ4n) is 1.44. The van der Waals surface area contributed by atoms with Crippen molar-refractivity contribution in [1.29, 1.82) is 0 Å². The van der Waals surface area contributed by atoms with E-state index in [0.29, 0.717) is 5.25 Å². The van der Waals surface area contributed by atoms with Crippen LogP contribution in [0.15, 0.2) is 0 Å². The number of hydrogen-bond acceptors (Lipinski definition) is 2. The third-order valence-electron chi connectivity index (χ3n) is 2.16. The van der Waals surface area contributed by atoms with Crippen LogP contribution in [0.3, 0.4) is 0 Å². The van der Waals surface area contributed by atoms with Gasteiger partial charge in [0.05, 0.1) is 0 Å². The van der Waals surface area contributed by atoms with E-state index in [0.717, 1.165) is 12.8 Å². The van der Waals surface area contributed by atoms with Crippen molar-refractivity contribution < 1.29 is 9.18 Å². The molecule has 1 unspecified atom stereocenters. The summed E-state index contributed by atoms with van der Waals surface area (Å²) in [5.41, 5.74) is 0. The molecule has 70 valence electrons. The molecule has 0 radical (unpaired) electrons. The van der Waals surface area contributed by atoms with Crippen LogP contribution in [0.4, 0.5) is 4.39 Å². The lowest BCUT2D eigenvalue weighted by Gasteiger charge is -2.20. The predicted molar refractivity (Wildman–Crippen MR) is 50.0 cm³/mol. The van der Waals surface area contributed by atoms with E-state index in [2.05, 4.69) is 0 Å². The zero-order valence-electron chi connectivity index (χ0n) is 7.38. The van der Waals surface area contributed by atoms with E-state index in [1.54, 1.807) is 0 Å². The van der Waals surface area contributed by atoms with E-state index in [1.807, 2.05) is 0 Å². The molecule has 0 heterocycles. The maximum atomic E-state index is 12.5. The minimum absolute atomic E-state index is 0.290. The summed E-state index contributed by atoms with van der Waals surface area (Å²) < 4.78 is 12.5. The molecule has 3 heteroatoms. The molecular formula is C9H15FOS. The zero-order chi connectivity index (χ0) is 8.97. The molecular weight excluding hydrogens is 175 g/mol. The Morgan fingerprint density at radius 3 is 2.50 bits per heavy atom. The summed E-state index contributed by atoms with van der Waals surface area (Å²) in [6, 6.07) is 0. The van der Waals surface area contributed by atoms with Crippen molar-refractivity contribution in [2.45, 2.75) is 50.4 Å². The second-order valence-electron chi connectivity index (χ2n) is 3.31. The summed E-state index contributed by atoms with van der Waals surface area (Å²) in [4.78, 5) is 11.0. The summed E-state index contributed by atoms with van der Waals surface area (Å²) in [5, 5.41) is 0.103. The van der Waals surface area contributed by atoms with E-state index in [1.165, 1.54) is 37.9 Å². The van der Waals surface area contributed by atoms with E-state index < -0.39 is 6.17 Å². The van der Waals surface area contributed by atoms with Crippen molar-refractivity contribution in [1.82, 2.24) is 0 Å².